The fraction of sp³-hybridized carbons (Fsp3) is 0.0333. The first-order valence-electron chi connectivity index (χ1n) is 12.1. The van der Waals surface area contributed by atoms with Crippen molar-refractivity contribution in [3.05, 3.63) is 115 Å². The Morgan fingerprint density at radius 1 is 0.833 bits per heavy atom. The number of esters is 1. The Labute approximate surface area is 264 Å². The molecule has 1 aromatic heterocycles. The predicted octanol–water partition coefficient (Wildman–Crippen LogP) is 9.09. The molecule has 0 atom stereocenters. The smallest absolute Gasteiger partial charge is 0.345 e. The van der Waals surface area contributed by atoms with Crippen LogP contribution in [0.5, 0.6) is 11.5 Å². The molecule has 2 N–H and O–H groups in total. The number of aromatic nitrogens is 1. The molecule has 0 aliphatic carbocycles. The van der Waals surface area contributed by atoms with Crippen molar-refractivity contribution in [3.8, 4) is 22.6 Å². The number of methoxy groups -OCH3 is 1. The van der Waals surface area contributed by atoms with Crippen LogP contribution >= 0.6 is 58.0 Å². The minimum Gasteiger partial charge on any atom is -0.493 e. The first kappa shape index (κ1) is 29.8. The molecule has 0 fully saturated rings. The van der Waals surface area contributed by atoms with Crippen molar-refractivity contribution in [2.45, 2.75) is 0 Å². The number of nitrogens with one attached hydrogen (secondary N) is 2. The lowest BCUT2D eigenvalue weighted by atomic mass is 10.0. The van der Waals surface area contributed by atoms with Gasteiger partial charge in [0.25, 0.3) is 5.91 Å². The molecule has 0 aliphatic heterocycles. The fourth-order valence-electron chi connectivity index (χ4n) is 4.23. The molecule has 5 rings (SSSR count). The Morgan fingerprint density at radius 3 is 2.33 bits per heavy atom. The van der Waals surface area contributed by atoms with Crippen LogP contribution in [-0.4, -0.2) is 30.2 Å². The molecule has 5 aromatic rings. The van der Waals surface area contributed by atoms with Crippen molar-refractivity contribution in [2.75, 3.05) is 7.11 Å². The van der Waals surface area contributed by atoms with Gasteiger partial charge < -0.3 is 14.5 Å². The molecule has 42 heavy (non-hydrogen) atoms. The van der Waals surface area contributed by atoms with Gasteiger partial charge in [-0.15, -0.1) is 0 Å². The van der Waals surface area contributed by atoms with Crippen molar-refractivity contribution < 1.29 is 19.1 Å². The third-order valence-corrected chi connectivity index (χ3v) is 7.50. The van der Waals surface area contributed by atoms with E-state index in [1.165, 1.54) is 37.6 Å². The van der Waals surface area contributed by atoms with E-state index in [0.29, 0.717) is 47.7 Å². The summed E-state index contributed by atoms with van der Waals surface area (Å²) in [5.41, 5.74) is 5.09. The van der Waals surface area contributed by atoms with Crippen molar-refractivity contribution in [3.63, 3.8) is 0 Å². The number of hydrogen-bond acceptors (Lipinski definition) is 5. The highest BCUT2D eigenvalue weighted by atomic mass is 35.5. The second kappa shape index (κ2) is 12.7. The van der Waals surface area contributed by atoms with Crippen molar-refractivity contribution in [1.29, 1.82) is 0 Å². The lowest BCUT2D eigenvalue weighted by molar-refractivity contribution is 0.0729. The van der Waals surface area contributed by atoms with Crippen LogP contribution in [0.4, 0.5) is 0 Å². The number of hydrogen-bond donors (Lipinski definition) is 2. The van der Waals surface area contributed by atoms with Gasteiger partial charge in [-0.1, -0.05) is 76.2 Å². The molecule has 4 aromatic carbocycles. The van der Waals surface area contributed by atoms with E-state index in [4.69, 9.17) is 67.5 Å². The summed E-state index contributed by atoms with van der Waals surface area (Å²) in [5.74, 6) is -0.806. The van der Waals surface area contributed by atoms with Gasteiger partial charge in [0.1, 0.15) is 5.69 Å². The van der Waals surface area contributed by atoms with Crippen LogP contribution in [0.2, 0.25) is 25.1 Å². The molecule has 1 heterocycles. The van der Waals surface area contributed by atoms with Crippen molar-refractivity contribution in [1.82, 2.24) is 10.4 Å². The van der Waals surface area contributed by atoms with Crippen LogP contribution < -0.4 is 14.9 Å². The standard InChI is InChI=1S/C30H18Cl5N3O4/c1-41-25-10-15(6-9-24(25)42-30(40)19-8-7-16(31)11-21(19)34)14-36-38-29(39)28-26(18-4-2-3-5-20(18)33)27-22(35)12-17(32)13-23(27)37-28/h2-14,37H,1H3,(H,38,39). The molecule has 0 aliphatic rings. The zero-order valence-corrected chi connectivity index (χ0v) is 25.3. The van der Waals surface area contributed by atoms with Crippen LogP contribution in [0, 0.1) is 0 Å². The highest BCUT2D eigenvalue weighted by Crippen LogP contribution is 2.41. The third-order valence-electron chi connectivity index (χ3n) is 6.11. The van der Waals surface area contributed by atoms with Crippen molar-refractivity contribution in [2.24, 2.45) is 5.10 Å². The molecular weight excluding hydrogens is 644 g/mol. The Kier molecular flexibility index (Phi) is 8.96. The number of ether oxygens (including phenoxy) is 2. The maximum absolute atomic E-state index is 13.3. The number of rotatable bonds is 7. The van der Waals surface area contributed by atoms with E-state index in [1.807, 2.05) is 6.07 Å². The first-order valence-corrected chi connectivity index (χ1v) is 14.0. The largest absolute Gasteiger partial charge is 0.493 e. The normalized spacial score (nSPS) is 11.2. The number of nitrogens with zero attached hydrogens (tertiary/aromatic N) is 1. The summed E-state index contributed by atoms with van der Waals surface area (Å²) in [7, 11) is 1.42. The molecule has 0 bridgehead atoms. The molecule has 12 heteroatoms. The summed E-state index contributed by atoms with van der Waals surface area (Å²) in [6, 6.07) is 19.6. The van der Waals surface area contributed by atoms with Crippen LogP contribution in [0.25, 0.3) is 22.0 Å². The van der Waals surface area contributed by atoms with Gasteiger partial charge in [0.15, 0.2) is 11.5 Å². The Hall–Kier alpha value is -3.72. The van der Waals surface area contributed by atoms with Gasteiger partial charge in [-0.2, -0.15) is 5.10 Å². The molecule has 0 spiro atoms. The van der Waals surface area contributed by atoms with E-state index >= 15 is 0 Å². The molecular formula is C30H18Cl5N3O4. The molecule has 0 saturated carbocycles. The Bertz CT molecular complexity index is 1890. The van der Waals surface area contributed by atoms with Gasteiger partial charge in [0.05, 0.1) is 28.9 Å². The van der Waals surface area contributed by atoms with E-state index in [9.17, 15) is 9.59 Å². The lowest BCUT2D eigenvalue weighted by Crippen LogP contribution is -2.19. The van der Waals surface area contributed by atoms with Gasteiger partial charge in [-0.25, -0.2) is 10.2 Å². The van der Waals surface area contributed by atoms with E-state index < -0.39 is 11.9 Å². The maximum atomic E-state index is 13.3. The molecule has 0 unspecified atom stereocenters. The number of hydrazone groups is 1. The average molecular weight is 662 g/mol. The second-order valence-corrected chi connectivity index (χ2v) is 10.9. The molecule has 0 saturated heterocycles. The highest BCUT2D eigenvalue weighted by Gasteiger charge is 2.23. The summed E-state index contributed by atoms with van der Waals surface area (Å²) < 4.78 is 10.8. The number of H-pyrrole nitrogens is 1. The summed E-state index contributed by atoms with van der Waals surface area (Å²) in [4.78, 5) is 29.0. The predicted molar refractivity (Wildman–Crippen MR) is 168 cm³/mol. The minimum absolute atomic E-state index is 0.146. The fourth-order valence-corrected chi connectivity index (χ4v) is 5.54. The van der Waals surface area contributed by atoms with E-state index in [1.54, 1.807) is 42.5 Å². The van der Waals surface area contributed by atoms with Gasteiger partial charge in [-0.05, 0) is 60.2 Å². The zero-order chi connectivity index (χ0) is 30.0. The monoisotopic (exact) mass is 659 g/mol. The number of amides is 1. The second-order valence-electron chi connectivity index (χ2n) is 8.79. The topological polar surface area (TPSA) is 92.8 Å². The number of halogens is 5. The Morgan fingerprint density at radius 2 is 1.60 bits per heavy atom. The zero-order valence-electron chi connectivity index (χ0n) is 21.5. The summed E-state index contributed by atoms with van der Waals surface area (Å²) in [6.45, 7) is 0. The van der Waals surface area contributed by atoms with E-state index in [-0.39, 0.29) is 27.8 Å². The number of carbonyl (C=O) groups is 2. The number of carbonyl (C=O) groups excluding carboxylic acids is 2. The average Bonchev–Trinajstić information content (AvgIpc) is 3.33. The Balaban J connectivity index is 1.38. The number of fused-ring (bicyclic) bond motifs is 1. The number of benzene rings is 4. The van der Waals surface area contributed by atoms with Crippen LogP contribution in [0.1, 0.15) is 26.4 Å². The van der Waals surface area contributed by atoms with Crippen molar-refractivity contribution >= 4 is 87.0 Å². The lowest BCUT2D eigenvalue weighted by Gasteiger charge is -2.11. The summed E-state index contributed by atoms with van der Waals surface area (Å²) in [5, 5.41) is 6.44. The molecule has 1 amide bonds. The molecule has 212 valence electrons. The third kappa shape index (κ3) is 6.21. The van der Waals surface area contributed by atoms with E-state index in [2.05, 4.69) is 15.5 Å². The molecule has 7 nitrogen and oxygen atoms in total. The number of aromatic amines is 1. The summed E-state index contributed by atoms with van der Waals surface area (Å²) >= 11 is 31.2. The first-order chi connectivity index (χ1) is 20.2. The van der Waals surface area contributed by atoms with Gasteiger partial charge in [-0.3, -0.25) is 4.79 Å². The SMILES string of the molecule is COc1cc(C=NNC(=O)c2[nH]c3cc(Cl)cc(Cl)c3c2-c2ccccc2Cl)ccc1OC(=O)c1ccc(Cl)cc1Cl. The van der Waals surface area contributed by atoms with E-state index in [0.717, 1.165) is 0 Å². The summed E-state index contributed by atoms with van der Waals surface area (Å²) in [6.07, 6.45) is 1.41. The molecule has 0 radical (unpaired) electrons. The van der Waals surface area contributed by atoms with Gasteiger partial charge in [0, 0.05) is 37.1 Å². The minimum atomic E-state index is -0.683. The van der Waals surface area contributed by atoms with Crippen LogP contribution in [-0.2, 0) is 0 Å². The highest BCUT2D eigenvalue weighted by molar-refractivity contribution is 6.41. The van der Waals surface area contributed by atoms with Gasteiger partial charge >= 0.3 is 5.97 Å². The van der Waals surface area contributed by atoms with Gasteiger partial charge in [0.2, 0.25) is 0 Å². The van der Waals surface area contributed by atoms with Crippen LogP contribution in [0.15, 0.2) is 77.9 Å². The maximum Gasteiger partial charge on any atom is 0.345 e. The quantitative estimate of drug-likeness (QED) is 0.0788. The van der Waals surface area contributed by atoms with Crippen LogP contribution in [0.3, 0.4) is 0 Å².